The van der Waals surface area contributed by atoms with E-state index in [2.05, 4.69) is 5.32 Å². The van der Waals surface area contributed by atoms with E-state index in [0.29, 0.717) is 15.6 Å². The second kappa shape index (κ2) is 4.00. The van der Waals surface area contributed by atoms with Gasteiger partial charge >= 0.3 is 0 Å². The van der Waals surface area contributed by atoms with E-state index in [0.717, 1.165) is 6.42 Å². The molecule has 5 heteroatoms. The molecular weight excluding hydrogens is 235 g/mol. The van der Waals surface area contributed by atoms with E-state index in [1.54, 1.807) is 18.2 Å². The molecule has 0 aromatic heterocycles. The molecule has 1 fully saturated rings. The van der Waals surface area contributed by atoms with E-state index in [4.69, 9.17) is 28.9 Å². The summed E-state index contributed by atoms with van der Waals surface area (Å²) < 4.78 is 0. The molecule has 3 N–H and O–H groups in total. The highest BCUT2D eigenvalue weighted by molar-refractivity contribution is 6.35. The number of carbonyl (C=O) groups is 1. The molecule has 80 valence electrons. The van der Waals surface area contributed by atoms with E-state index in [9.17, 15) is 4.79 Å². The summed E-state index contributed by atoms with van der Waals surface area (Å²) in [5.41, 5.74) is 6.05. The predicted octanol–water partition coefficient (Wildman–Crippen LogP) is 1.82. The van der Waals surface area contributed by atoms with Crippen LogP contribution in [0.4, 0.5) is 0 Å². The highest BCUT2D eigenvalue weighted by atomic mass is 35.5. The summed E-state index contributed by atoms with van der Waals surface area (Å²) >= 11 is 11.6. The van der Waals surface area contributed by atoms with Crippen molar-refractivity contribution in [2.24, 2.45) is 5.73 Å². The van der Waals surface area contributed by atoms with E-state index in [-0.39, 0.29) is 18.0 Å². The van der Waals surface area contributed by atoms with Crippen molar-refractivity contribution in [1.29, 1.82) is 0 Å². The molecule has 1 aromatic carbocycles. The average Bonchev–Trinajstić information content (AvgIpc) is 2.79. The van der Waals surface area contributed by atoms with Gasteiger partial charge in [0.2, 0.25) is 0 Å². The molecule has 0 saturated heterocycles. The average molecular weight is 245 g/mol. The SMILES string of the molecule is NC1CC1NC(=O)c1cc(Cl)cc(Cl)c1. The summed E-state index contributed by atoms with van der Waals surface area (Å²) in [7, 11) is 0. The highest BCUT2D eigenvalue weighted by Gasteiger charge is 2.34. The molecule has 0 bridgehead atoms. The first-order valence-electron chi connectivity index (χ1n) is 4.59. The van der Waals surface area contributed by atoms with Gasteiger partial charge in [0.1, 0.15) is 0 Å². The highest BCUT2D eigenvalue weighted by Crippen LogP contribution is 2.21. The van der Waals surface area contributed by atoms with Crippen LogP contribution in [0.3, 0.4) is 0 Å². The fourth-order valence-corrected chi connectivity index (χ4v) is 1.84. The van der Waals surface area contributed by atoms with Gasteiger partial charge in [0.25, 0.3) is 5.91 Å². The summed E-state index contributed by atoms with van der Waals surface area (Å²) in [4.78, 5) is 11.7. The first-order valence-corrected chi connectivity index (χ1v) is 5.34. The number of carbonyl (C=O) groups excluding carboxylic acids is 1. The number of nitrogens with one attached hydrogen (secondary N) is 1. The van der Waals surface area contributed by atoms with Gasteiger partial charge in [-0.1, -0.05) is 23.2 Å². The zero-order valence-electron chi connectivity index (χ0n) is 7.84. The van der Waals surface area contributed by atoms with Crippen molar-refractivity contribution in [3.8, 4) is 0 Å². The number of amides is 1. The Labute approximate surface area is 97.5 Å². The zero-order chi connectivity index (χ0) is 11.0. The van der Waals surface area contributed by atoms with Crippen molar-refractivity contribution in [3.05, 3.63) is 33.8 Å². The smallest absolute Gasteiger partial charge is 0.251 e. The third-order valence-corrected chi connectivity index (χ3v) is 2.72. The molecule has 2 rings (SSSR count). The van der Waals surface area contributed by atoms with E-state index < -0.39 is 0 Å². The maximum Gasteiger partial charge on any atom is 0.251 e. The molecule has 3 nitrogen and oxygen atoms in total. The molecule has 15 heavy (non-hydrogen) atoms. The van der Waals surface area contributed by atoms with Gasteiger partial charge in [0, 0.05) is 27.7 Å². The third-order valence-electron chi connectivity index (χ3n) is 2.28. The summed E-state index contributed by atoms with van der Waals surface area (Å²) in [6, 6.07) is 4.93. The fourth-order valence-electron chi connectivity index (χ4n) is 1.32. The van der Waals surface area contributed by atoms with Crippen LogP contribution in [0.5, 0.6) is 0 Å². The molecule has 2 unspecified atom stereocenters. The molecule has 0 heterocycles. The monoisotopic (exact) mass is 244 g/mol. The molecule has 1 aliphatic carbocycles. The molecule has 1 aromatic rings. The van der Waals surface area contributed by atoms with Crippen LogP contribution >= 0.6 is 23.2 Å². The quantitative estimate of drug-likeness (QED) is 0.834. The van der Waals surface area contributed by atoms with Crippen molar-refractivity contribution < 1.29 is 4.79 Å². The topological polar surface area (TPSA) is 55.1 Å². The number of nitrogens with two attached hydrogens (primary N) is 1. The first-order chi connectivity index (χ1) is 7.06. The largest absolute Gasteiger partial charge is 0.348 e. The van der Waals surface area contributed by atoms with Gasteiger partial charge in [-0.2, -0.15) is 0 Å². The predicted molar refractivity (Wildman–Crippen MR) is 60.3 cm³/mol. The lowest BCUT2D eigenvalue weighted by atomic mass is 10.2. The Morgan fingerprint density at radius 3 is 2.33 bits per heavy atom. The Morgan fingerprint density at radius 1 is 1.33 bits per heavy atom. The minimum Gasteiger partial charge on any atom is -0.348 e. The van der Waals surface area contributed by atoms with Crippen molar-refractivity contribution >= 4 is 29.1 Å². The second-order valence-electron chi connectivity index (χ2n) is 3.64. The van der Waals surface area contributed by atoms with Crippen LogP contribution in [-0.4, -0.2) is 18.0 Å². The lowest BCUT2D eigenvalue weighted by Gasteiger charge is -2.04. The Kier molecular flexibility index (Phi) is 2.87. The zero-order valence-corrected chi connectivity index (χ0v) is 9.35. The van der Waals surface area contributed by atoms with Gasteiger partial charge in [-0.05, 0) is 24.6 Å². The van der Waals surface area contributed by atoms with Gasteiger partial charge in [-0.3, -0.25) is 4.79 Å². The summed E-state index contributed by atoms with van der Waals surface area (Å²) in [5.74, 6) is -0.183. The van der Waals surface area contributed by atoms with Crippen LogP contribution in [0.2, 0.25) is 10.0 Å². The van der Waals surface area contributed by atoms with Gasteiger partial charge < -0.3 is 11.1 Å². The molecule has 0 aliphatic heterocycles. The summed E-state index contributed by atoms with van der Waals surface area (Å²) in [6.45, 7) is 0. The minimum atomic E-state index is -0.183. The Morgan fingerprint density at radius 2 is 1.87 bits per heavy atom. The van der Waals surface area contributed by atoms with Crippen molar-refractivity contribution in [1.82, 2.24) is 5.32 Å². The van der Waals surface area contributed by atoms with Gasteiger partial charge in [-0.25, -0.2) is 0 Å². The summed E-state index contributed by atoms with van der Waals surface area (Å²) in [6.07, 6.45) is 0.833. The molecule has 1 aliphatic rings. The second-order valence-corrected chi connectivity index (χ2v) is 4.51. The van der Waals surface area contributed by atoms with Gasteiger partial charge in [0.05, 0.1) is 0 Å². The molecule has 2 atom stereocenters. The molecule has 1 saturated carbocycles. The summed E-state index contributed by atoms with van der Waals surface area (Å²) in [5, 5.41) is 3.70. The number of hydrogen-bond donors (Lipinski definition) is 2. The lowest BCUT2D eigenvalue weighted by molar-refractivity contribution is 0.0950. The van der Waals surface area contributed by atoms with Gasteiger partial charge in [-0.15, -0.1) is 0 Å². The van der Waals surface area contributed by atoms with Crippen molar-refractivity contribution in [3.63, 3.8) is 0 Å². The Balaban J connectivity index is 2.11. The lowest BCUT2D eigenvalue weighted by Crippen LogP contribution is -2.29. The molecule has 0 radical (unpaired) electrons. The van der Waals surface area contributed by atoms with Crippen LogP contribution in [0, 0.1) is 0 Å². The van der Waals surface area contributed by atoms with Crippen molar-refractivity contribution in [2.45, 2.75) is 18.5 Å². The number of benzene rings is 1. The van der Waals surface area contributed by atoms with Crippen LogP contribution in [0.1, 0.15) is 16.8 Å². The van der Waals surface area contributed by atoms with Crippen molar-refractivity contribution in [2.75, 3.05) is 0 Å². The Hall–Kier alpha value is -0.770. The molecular formula is C10H10Cl2N2O. The van der Waals surface area contributed by atoms with Crippen LogP contribution in [0.25, 0.3) is 0 Å². The van der Waals surface area contributed by atoms with Gasteiger partial charge in [0.15, 0.2) is 0 Å². The maximum absolute atomic E-state index is 11.7. The molecule has 1 amide bonds. The molecule has 0 spiro atoms. The maximum atomic E-state index is 11.7. The minimum absolute atomic E-state index is 0.0867. The van der Waals surface area contributed by atoms with E-state index >= 15 is 0 Å². The van der Waals surface area contributed by atoms with Crippen LogP contribution in [-0.2, 0) is 0 Å². The van der Waals surface area contributed by atoms with E-state index in [1.807, 2.05) is 0 Å². The standard InChI is InChI=1S/C10H10Cl2N2O/c11-6-1-5(2-7(12)3-6)10(15)14-9-4-8(9)13/h1-3,8-9H,4,13H2,(H,14,15). The normalized spacial score (nSPS) is 23.7. The third kappa shape index (κ3) is 2.62. The number of hydrogen-bond acceptors (Lipinski definition) is 2. The van der Waals surface area contributed by atoms with E-state index in [1.165, 1.54) is 0 Å². The van der Waals surface area contributed by atoms with Crippen LogP contribution < -0.4 is 11.1 Å². The number of rotatable bonds is 2. The Bertz CT molecular complexity index is 388. The first kappa shape index (κ1) is 10.7. The number of halogens is 2. The van der Waals surface area contributed by atoms with Crippen LogP contribution in [0.15, 0.2) is 18.2 Å². The fraction of sp³-hybridized carbons (Fsp3) is 0.300.